The van der Waals surface area contributed by atoms with Gasteiger partial charge in [-0.25, -0.2) is 0 Å². The van der Waals surface area contributed by atoms with Gasteiger partial charge < -0.3 is 10.1 Å². The third-order valence-electron chi connectivity index (χ3n) is 4.52. The van der Waals surface area contributed by atoms with Crippen LogP contribution in [0.15, 0.2) is 24.3 Å². The summed E-state index contributed by atoms with van der Waals surface area (Å²) >= 11 is 0. The fraction of sp³-hybridized carbons (Fsp3) is 0.684. The van der Waals surface area contributed by atoms with Gasteiger partial charge in [0.15, 0.2) is 0 Å². The number of ether oxygens (including phenoxy) is 1. The number of rotatable bonds is 10. The largest absolute Gasteiger partial charge is 0.382 e. The first kappa shape index (κ1) is 16.5. The zero-order chi connectivity index (χ0) is 14.9. The van der Waals surface area contributed by atoms with Crippen LogP contribution in [0.25, 0.3) is 0 Å². The number of benzene rings is 1. The molecule has 0 heterocycles. The van der Waals surface area contributed by atoms with Gasteiger partial charge in [0, 0.05) is 19.3 Å². The van der Waals surface area contributed by atoms with Crippen LogP contribution in [0.4, 0.5) is 0 Å². The first-order valence-corrected chi connectivity index (χ1v) is 8.76. The highest BCUT2D eigenvalue weighted by atomic mass is 16.5. The lowest BCUT2D eigenvalue weighted by Crippen LogP contribution is -2.23. The normalized spacial score (nSPS) is 16.7. The molecule has 1 aromatic rings. The molecule has 1 unspecified atom stereocenters. The average Bonchev–Trinajstić information content (AvgIpc) is 2.45. The van der Waals surface area contributed by atoms with Crippen molar-refractivity contribution in [2.75, 3.05) is 19.8 Å². The average molecular weight is 289 g/mol. The minimum absolute atomic E-state index is 0.477. The molecule has 2 rings (SSSR count). The smallest absolute Gasteiger partial charge is 0.0466 e. The van der Waals surface area contributed by atoms with Gasteiger partial charge >= 0.3 is 0 Å². The van der Waals surface area contributed by atoms with Crippen LogP contribution in [-0.2, 0) is 4.74 Å². The predicted molar refractivity (Wildman–Crippen MR) is 89.8 cm³/mol. The summed E-state index contributed by atoms with van der Waals surface area (Å²) in [6.45, 7) is 7.09. The van der Waals surface area contributed by atoms with E-state index >= 15 is 0 Å². The van der Waals surface area contributed by atoms with Gasteiger partial charge in [0.05, 0.1) is 0 Å². The summed E-state index contributed by atoms with van der Waals surface area (Å²) in [5, 5.41) is 3.71. The first-order valence-electron chi connectivity index (χ1n) is 8.76. The topological polar surface area (TPSA) is 21.3 Å². The van der Waals surface area contributed by atoms with E-state index in [0.29, 0.717) is 6.04 Å². The van der Waals surface area contributed by atoms with Crippen LogP contribution >= 0.6 is 0 Å². The van der Waals surface area contributed by atoms with Gasteiger partial charge in [-0.05, 0) is 62.6 Å². The van der Waals surface area contributed by atoms with Gasteiger partial charge in [-0.3, -0.25) is 0 Å². The quantitative estimate of drug-likeness (QED) is 0.624. The van der Waals surface area contributed by atoms with E-state index in [1.165, 1.54) is 31.2 Å². The van der Waals surface area contributed by atoms with Crippen molar-refractivity contribution in [3.8, 4) is 0 Å². The maximum atomic E-state index is 5.48. The monoisotopic (exact) mass is 289 g/mol. The minimum atomic E-state index is 0.477. The molecule has 0 spiro atoms. The number of nitrogens with one attached hydrogen (secondary N) is 1. The van der Waals surface area contributed by atoms with Crippen LogP contribution in [0.2, 0.25) is 0 Å². The second-order valence-electron chi connectivity index (χ2n) is 6.14. The molecule has 1 aliphatic carbocycles. The van der Waals surface area contributed by atoms with E-state index in [1.807, 2.05) is 0 Å². The molecule has 0 aromatic heterocycles. The lowest BCUT2D eigenvalue weighted by molar-refractivity contribution is 0.141. The molecule has 0 saturated heterocycles. The van der Waals surface area contributed by atoms with E-state index in [0.717, 1.165) is 38.5 Å². The Morgan fingerprint density at radius 1 is 1.29 bits per heavy atom. The summed E-state index contributed by atoms with van der Waals surface area (Å²) in [4.78, 5) is 0. The SMILES string of the molecule is CCCNC(CCCOCC)c1cccc(C2CCC2)c1. The Balaban J connectivity index is 1.96. The van der Waals surface area contributed by atoms with Crippen molar-refractivity contribution in [3.05, 3.63) is 35.4 Å². The van der Waals surface area contributed by atoms with Crippen molar-refractivity contribution in [3.63, 3.8) is 0 Å². The van der Waals surface area contributed by atoms with Gasteiger partial charge in [-0.15, -0.1) is 0 Å². The molecule has 0 bridgehead atoms. The number of hydrogen-bond acceptors (Lipinski definition) is 2. The van der Waals surface area contributed by atoms with Gasteiger partial charge in [0.2, 0.25) is 0 Å². The summed E-state index contributed by atoms with van der Waals surface area (Å²) < 4.78 is 5.48. The highest BCUT2D eigenvalue weighted by Crippen LogP contribution is 2.37. The molecule has 1 saturated carbocycles. The van der Waals surface area contributed by atoms with E-state index in [-0.39, 0.29) is 0 Å². The van der Waals surface area contributed by atoms with E-state index in [9.17, 15) is 0 Å². The second kappa shape index (κ2) is 9.22. The fourth-order valence-corrected chi connectivity index (χ4v) is 3.01. The third kappa shape index (κ3) is 5.12. The Hall–Kier alpha value is -0.860. The Morgan fingerprint density at radius 2 is 2.14 bits per heavy atom. The molecular formula is C19H31NO. The Kier molecular flexibility index (Phi) is 7.25. The van der Waals surface area contributed by atoms with Gasteiger partial charge in [0.1, 0.15) is 0 Å². The van der Waals surface area contributed by atoms with Crippen molar-refractivity contribution in [1.82, 2.24) is 5.32 Å². The molecule has 0 aliphatic heterocycles. The summed E-state index contributed by atoms with van der Waals surface area (Å²) in [5.74, 6) is 0.820. The summed E-state index contributed by atoms with van der Waals surface area (Å²) in [6, 6.07) is 9.76. The fourth-order valence-electron chi connectivity index (χ4n) is 3.01. The molecule has 1 N–H and O–H groups in total. The third-order valence-corrected chi connectivity index (χ3v) is 4.52. The van der Waals surface area contributed by atoms with E-state index in [2.05, 4.69) is 43.4 Å². The van der Waals surface area contributed by atoms with Crippen molar-refractivity contribution in [2.24, 2.45) is 0 Å². The predicted octanol–water partition coefficient (Wildman–Crippen LogP) is 4.81. The Labute approximate surface area is 130 Å². The second-order valence-corrected chi connectivity index (χ2v) is 6.14. The van der Waals surface area contributed by atoms with E-state index in [1.54, 1.807) is 5.56 Å². The van der Waals surface area contributed by atoms with Crippen molar-refractivity contribution >= 4 is 0 Å². The van der Waals surface area contributed by atoms with Crippen LogP contribution in [0.1, 0.15) is 75.5 Å². The summed E-state index contributed by atoms with van der Waals surface area (Å²) in [6.07, 6.45) is 7.63. The molecule has 1 aliphatic rings. The Bertz CT molecular complexity index is 400. The zero-order valence-electron chi connectivity index (χ0n) is 13.7. The molecule has 0 radical (unpaired) electrons. The summed E-state index contributed by atoms with van der Waals surface area (Å²) in [7, 11) is 0. The molecule has 2 heteroatoms. The van der Waals surface area contributed by atoms with Crippen LogP contribution in [0, 0.1) is 0 Å². The number of hydrogen-bond donors (Lipinski definition) is 1. The lowest BCUT2D eigenvalue weighted by atomic mass is 9.79. The van der Waals surface area contributed by atoms with Gasteiger partial charge in [-0.1, -0.05) is 37.6 Å². The van der Waals surface area contributed by atoms with Crippen molar-refractivity contribution < 1.29 is 4.74 Å². The van der Waals surface area contributed by atoms with Gasteiger partial charge in [-0.2, -0.15) is 0 Å². The van der Waals surface area contributed by atoms with Crippen LogP contribution in [0.5, 0.6) is 0 Å². The van der Waals surface area contributed by atoms with E-state index in [4.69, 9.17) is 4.74 Å². The molecule has 118 valence electrons. The van der Waals surface area contributed by atoms with E-state index < -0.39 is 0 Å². The van der Waals surface area contributed by atoms with Crippen LogP contribution in [-0.4, -0.2) is 19.8 Å². The van der Waals surface area contributed by atoms with Gasteiger partial charge in [0.25, 0.3) is 0 Å². The first-order chi connectivity index (χ1) is 10.3. The van der Waals surface area contributed by atoms with Crippen molar-refractivity contribution in [1.29, 1.82) is 0 Å². The molecule has 1 fully saturated rings. The van der Waals surface area contributed by atoms with Crippen molar-refractivity contribution in [2.45, 2.75) is 64.3 Å². The van der Waals surface area contributed by atoms with Crippen LogP contribution in [0.3, 0.4) is 0 Å². The molecule has 0 amide bonds. The molecule has 1 aromatic carbocycles. The van der Waals surface area contributed by atoms with Crippen LogP contribution < -0.4 is 5.32 Å². The molecule has 1 atom stereocenters. The molecule has 2 nitrogen and oxygen atoms in total. The zero-order valence-corrected chi connectivity index (χ0v) is 13.7. The molecule has 21 heavy (non-hydrogen) atoms. The standard InChI is InChI=1S/C19H31NO/c1-3-13-20-19(12-7-14-21-4-2)18-11-6-10-17(15-18)16-8-5-9-16/h6,10-11,15-16,19-20H,3-5,7-9,12-14H2,1-2H3. The Morgan fingerprint density at radius 3 is 2.81 bits per heavy atom. The lowest BCUT2D eigenvalue weighted by Gasteiger charge is -2.27. The highest BCUT2D eigenvalue weighted by Gasteiger charge is 2.20. The molecular weight excluding hydrogens is 258 g/mol. The minimum Gasteiger partial charge on any atom is -0.382 e. The summed E-state index contributed by atoms with van der Waals surface area (Å²) in [5.41, 5.74) is 3.01. The maximum Gasteiger partial charge on any atom is 0.0466 e. The highest BCUT2D eigenvalue weighted by molar-refractivity contribution is 5.29. The maximum absolute atomic E-state index is 5.48.